The lowest BCUT2D eigenvalue weighted by Crippen LogP contribution is -2.28. The van der Waals surface area contributed by atoms with Gasteiger partial charge in [-0.15, -0.1) is 11.3 Å². The summed E-state index contributed by atoms with van der Waals surface area (Å²) in [5.41, 5.74) is 2.59. The second kappa shape index (κ2) is 8.36. The van der Waals surface area contributed by atoms with Crippen molar-refractivity contribution >= 4 is 27.4 Å². The molecule has 1 saturated carbocycles. The second-order valence-electron chi connectivity index (χ2n) is 8.28. The summed E-state index contributed by atoms with van der Waals surface area (Å²) >= 11 is 1.87. The number of aromatic nitrogens is 3. The lowest BCUT2D eigenvalue weighted by atomic mass is 9.88. The predicted molar refractivity (Wildman–Crippen MR) is 118 cm³/mol. The van der Waals surface area contributed by atoms with E-state index < -0.39 is 0 Å². The van der Waals surface area contributed by atoms with Crippen molar-refractivity contribution in [3.8, 4) is 0 Å². The average Bonchev–Trinajstić information content (AvgIpc) is 3.35. The Kier molecular flexibility index (Phi) is 5.46. The molecule has 3 aromatic heterocycles. The highest BCUT2D eigenvalue weighted by atomic mass is 32.1. The average molecular weight is 409 g/mol. The first kappa shape index (κ1) is 18.9. The highest BCUT2D eigenvalue weighted by Gasteiger charge is 2.27. The highest BCUT2D eigenvalue weighted by Crippen LogP contribution is 2.42. The summed E-state index contributed by atoms with van der Waals surface area (Å²) in [6.07, 6.45) is 13.5. The Labute approximate surface area is 175 Å². The molecule has 0 atom stereocenters. The molecule has 0 saturated heterocycles. The number of rotatable bonds is 6. The van der Waals surface area contributed by atoms with E-state index in [1.165, 1.54) is 54.4 Å². The largest absolute Gasteiger partial charge is 0.395 e. The van der Waals surface area contributed by atoms with Gasteiger partial charge in [0.25, 0.3) is 0 Å². The van der Waals surface area contributed by atoms with Gasteiger partial charge in [-0.05, 0) is 49.3 Å². The van der Waals surface area contributed by atoms with Crippen LogP contribution in [0.25, 0.3) is 10.2 Å². The number of aliphatic hydroxyl groups is 1. The van der Waals surface area contributed by atoms with E-state index in [0.717, 1.165) is 34.9 Å². The Morgan fingerprint density at radius 2 is 2.00 bits per heavy atom. The smallest absolute Gasteiger partial charge is 0.141 e. The molecule has 0 unspecified atom stereocenters. The maximum atomic E-state index is 9.81. The molecule has 2 aliphatic carbocycles. The second-order valence-corrected chi connectivity index (χ2v) is 9.37. The van der Waals surface area contributed by atoms with Crippen molar-refractivity contribution in [2.45, 2.75) is 63.8 Å². The summed E-state index contributed by atoms with van der Waals surface area (Å²) in [5.74, 6) is 2.51. The van der Waals surface area contributed by atoms with Crippen LogP contribution in [0.1, 0.15) is 66.3 Å². The molecule has 1 fully saturated rings. The molecule has 29 heavy (non-hydrogen) atoms. The van der Waals surface area contributed by atoms with E-state index in [2.05, 4.69) is 16.0 Å². The number of hydrogen-bond acceptors (Lipinski definition) is 6. The van der Waals surface area contributed by atoms with Crippen LogP contribution in [-0.4, -0.2) is 33.2 Å². The number of pyridine rings is 1. The van der Waals surface area contributed by atoms with Crippen LogP contribution in [0.4, 0.5) is 5.82 Å². The van der Waals surface area contributed by atoms with Gasteiger partial charge in [0.1, 0.15) is 16.5 Å². The van der Waals surface area contributed by atoms with Crippen molar-refractivity contribution in [1.29, 1.82) is 0 Å². The minimum atomic E-state index is 0.108. The lowest BCUT2D eigenvalue weighted by molar-refractivity contribution is 0.301. The van der Waals surface area contributed by atoms with Crippen LogP contribution in [0.5, 0.6) is 0 Å². The van der Waals surface area contributed by atoms with Crippen molar-refractivity contribution in [2.24, 2.45) is 0 Å². The van der Waals surface area contributed by atoms with Gasteiger partial charge in [-0.25, -0.2) is 9.97 Å². The van der Waals surface area contributed by atoms with Gasteiger partial charge < -0.3 is 10.0 Å². The maximum Gasteiger partial charge on any atom is 0.141 e. The SMILES string of the molecule is OCCN(Cc1cccnc1)c1nc(C2CCCCC2)nc2sc3c(c12)CCC3. The fraction of sp³-hybridized carbons (Fsp3) is 0.522. The summed E-state index contributed by atoms with van der Waals surface area (Å²) in [6, 6.07) is 4.06. The van der Waals surface area contributed by atoms with Crippen LogP contribution in [0, 0.1) is 0 Å². The lowest BCUT2D eigenvalue weighted by Gasteiger charge is -2.26. The van der Waals surface area contributed by atoms with Crippen LogP contribution >= 0.6 is 11.3 Å². The molecule has 0 radical (unpaired) electrons. The maximum absolute atomic E-state index is 9.81. The molecule has 0 aromatic carbocycles. The number of nitrogens with zero attached hydrogens (tertiary/aromatic N) is 4. The number of fused-ring (bicyclic) bond motifs is 3. The molecule has 1 N–H and O–H groups in total. The van der Waals surface area contributed by atoms with Crippen LogP contribution in [0.2, 0.25) is 0 Å². The van der Waals surface area contributed by atoms with Gasteiger partial charge in [-0.1, -0.05) is 25.3 Å². The molecule has 0 bridgehead atoms. The van der Waals surface area contributed by atoms with Gasteiger partial charge in [0.2, 0.25) is 0 Å². The van der Waals surface area contributed by atoms with E-state index in [-0.39, 0.29) is 6.61 Å². The third-order valence-electron chi connectivity index (χ3n) is 6.30. The molecular weight excluding hydrogens is 380 g/mol. The van der Waals surface area contributed by atoms with Gasteiger partial charge in [-0.2, -0.15) is 0 Å². The summed E-state index contributed by atoms with van der Waals surface area (Å²) in [7, 11) is 0. The summed E-state index contributed by atoms with van der Waals surface area (Å²) in [6.45, 7) is 1.38. The number of hydrogen-bond donors (Lipinski definition) is 1. The molecule has 5 rings (SSSR count). The zero-order valence-electron chi connectivity index (χ0n) is 16.8. The van der Waals surface area contributed by atoms with Gasteiger partial charge in [0.05, 0.1) is 12.0 Å². The van der Waals surface area contributed by atoms with Gasteiger partial charge in [-0.3, -0.25) is 4.98 Å². The minimum absolute atomic E-state index is 0.108. The van der Waals surface area contributed by atoms with Crippen LogP contribution < -0.4 is 4.90 Å². The van der Waals surface area contributed by atoms with Crippen LogP contribution in [0.15, 0.2) is 24.5 Å². The normalized spacial score (nSPS) is 17.0. The highest BCUT2D eigenvalue weighted by molar-refractivity contribution is 7.19. The fourth-order valence-electron chi connectivity index (χ4n) is 4.86. The molecule has 2 aliphatic rings. The van der Waals surface area contributed by atoms with Crippen molar-refractivity contribution in [1.82, 2.24) is 15.0 Å². The number of anilines is 1. The first-order chi connectivity index (χ1) is 14.3. The molecule has 0 spiro atoms. The molecule has 6 heteroatoms. The third-order valence-corrected chi connectivity index (χ3v) is 7.48. The Balaban J connectivity index is 1.62. The zero-order chi connectivity index (χ0) is 19.6. The summed E-state index contributed by atoms with van der Waals surface area (Å²) in [4.78, 5) is 19.4. The standard InChI is InChI=1S/C23H28N4OS/c28-13-12-27(15-16-6-5-11-24-14-16)22-20-18-9-4-10-19(18)29-23(20)26-21(25-22)17-7-2-1-3-8-17/h5-6,11,14,17,28H,1-4,7-10,12-13,15H2. The summed E-state index contributed by atoms with van der Waals surface area (Å²) in [5, 5.41) is 11.0. The molecule has 152 valence electrons. The number of aryl methyl sites for hydroxylation is 2. The predicted octanol–water partition coefficient (Wildman–Crippen LogP) is 4.62. The summed E-state index contributed by atoms with van der Waals surface area (Å²) < 4.78 is 0. The Hall–Kier alpha value is -2.05. The van der Waals surface area contributed by atoms with E-state index in [9.17, 15) is 5.11 Å². The molecule has 0 amide bonds. The van der Waals surface area contributed by atoms with Crippen molar-refractivity contribution in [3.63, 3.8) is 0 Å². The Morgan fingerprint density at radius 3 is 2.79 bits per heavy atom. The molecular formula is C23H28N4OS. The first-order valence-electron chi connectivity index (χ1n) is 10.9. The Morgan fingerprint density at radius 1 is 1.10 bits per heavy atom. The molecule has 3 aromatic rings. The van der Waals surface area contributed by atoms with Crippen molar-refractivity contribution in [2.75, 3.05) is 18.1 Å². The fourth-order valence-corrected chi connectivity index (χ4v) is 6.12. The van der Waals surface area contributed by atoms with Crippen LogP contribution in [0.3, 0.4) is 0 Å². The van der Waals surface area contributed by atoms with E-state index in [1.807, 2.05) is 23.6 Å². The van der Waals surface area contributed by atoms with E-state index in [0.29, 0.717) is 19.0 Å². The van der Waals surface area contributed by atoms with E-state index >= 15 is 0 Å². The molecule has 0 aliphatic heterocycles. The molecule has 5 nitrogen and oxygen atoms in total. The van der Waals surface area contributed by atoms with Gasteiger partial charge in [0, 0.05) is 36.3 Å². The quantitative estimate of drug-likeness (QED) is 0.645. The van der Waals surface area contributed by atoms with Gasteiger partial charge in [0.15, 0.2) is 0 Å². The zero-order valence-corrected chi connectivity index (χ0v) is 17.6. The number of thiophene rings is 1. The third kappa shape index (κ3) is 3.76. The van der Waals surface area contributed by atoms with E-state index in [1.54, 1.807) is 6.20 Å². The van der Waals surface area contributed by atoms with Gasteiger partial charge >= 0.3 is 0 Å². The first-order valence-corrected chi connectivity index (χ1v) is 11.7. The van der Waals surface area contributed by atoms with E-state index in [4.69, 9.17) is 9.97 Å². The topological polar surface area (TPSA) is 62.1 Å². The van der Waals surface area contributed by atoms with Crippen molar-refractivity contribution in [3.05, 3.63) is 46.4 Å². The monoisotopic (exact) mass is 408 g/mol. The molecule has 3 heterocycles. The Bertz CT molecular complexity index is 981. The van der Waals surface area contributed by atoms with Crippen molar-refractivity contribution < 1.29 is 5.11 Å². The number of aliphatic hydroxyl groups excluding tert-OH is 1. The minimum Gasteiger partial charge on any atom is -0.395 e. The van der Waals surface area contributed by atoms with Crippen LogP contribution in [-0.2, 0) is 19.4 Å².